The van der Waals surface area contributed by atoms with Crippen LogP contribution in [0.15, 0.2) is 18.2 Å². The first-order valence-corrected chi connectivity index (χ1v) is 5.25. The normalized spacial score (nSPS) is 11.4. The summed E-state index contributed by atoms with van der Waals surface area (Å²) in [5.74, 6) is 0.628. The van der Waals surface area contributed by atoms with Crippen molar-refractivity contribution in [1.82, 2.24) is 4.90 Å². The second-order valence-corrected chi connectivity index (χ2v) is 4.58. The summed E-state index contributed by atoms with van der Waals surface area (Å²) >= 11 is 0. The van der Waals surface area contributed by atoms with E-state index in [1.54, 1.807) is 0 Å². The number of nitrogens with zero attached hydrogens (tertiary/aromatic N) is 1. The second kappa shape index (κ2) is 4.61. The lowest BCUT2D eigenvalue weighted by molar-refractivity contribution is 0.402. The van der Waals surface area contributed by atoms with Crippen molar-refractivity contribution in [1.29, 1.82) is 0 Å². The van der Waals surface area contributed by atoms with E-state index >= 15 is 0 Å². The van der Waals surface area contributed by atoms with Crippen LogP contribution in [-0.4, -0.2) is 19.0 Å². The van der Waals surface area contributed by atoms with E-state index in [0.29, 0.717) is 5.92 Å². The van der Waals surface area contributed by atoms with Crippen LogP contribution in [0.3, 0.4) is 0 Å². The van der Waals surface area contributed by atoms with Gasteiger partial charge in [0.15, 0.2) is 0 Å². The van der Waals surface area contributed by atoms with Crippen LogP contribution < -0.4 is 0 Å². The Labute approximate surface area is 87.7 Å². The first kappa shape index (κ1) is 11.3. The third kappa shape index (κ3) is 2.85. The van der Waals surface area contributed by atoms with Gasteiger partial charge in [0, 0.05) is 6.54 Å². The lowest BCUT2D eigenvalue weighted by atomic mass is 9.96. The summed E-state index contributed by atoms with van der Waals surface area (Å²) in [6.07, 6.45) is 0. The summed E-state index contributed by atoms with van der Waals surface area (Å²) in [5.41, 5.74) is 4.28. The number of aryl methyl sites for hydroxylation is 1. The number of rotatable bonds is 3. The highest BCUT2D eigenvalue weighted by molar-refractivity contribution is 5.33. The molecule has 0 atom stereocenters. The molecule has 0 spiro atoms. The van der Waals surface area contributed by atoms with E-state index in [2.05, 4.69) is 58.0 Å². The van der Waals surface area contributed by atoms with E-state index in [4.69, 9.17) is 0 Å². The summed E-state index contributed by atoms with van der Waals surface area (Å²) in [6, 6.07) is 6.80. The smallest absolute Gasteiger partial charge is 0.0227 e. The molecule has 0 radical (unpaired) electrons. The quantitative estimate of drug-likeness (QED) is 0.709. The zero-order valence-electron chi connectivity index (χ0n) is 9.96. The van der Waals surface area contributed by atoms with E-state index in [-0.39, 0.29) is 0 Å². The Kier molecular flexibility index (Phi) is 3.70. The zero-order chi connectivity index (χ0) is 10.7. The molecule has 0 fully saturated rings. The van der Waals surface area contributed by atoms with Crippen LogP contribution in [0.4, 0.5) is 0 Å². The van der Waals surface area contributed by atoms with Crippen molar-refractivity contribution in [3.63, 3.8) is 0 Å². The molecule has 0 amide bonds. The van der Waals surface area contributed by atoms with Crippen LogP contribution in [-0.2, 0) is 6.54 Å². The van der Waals surface area contributed by atoms with Crippen LogP contribution in [0.5, 0.6) is 0 Å². The molecule has 0 N–H and O–H groups in total. The van der Waals surface area contributed by atoms with E-state index < -0.39 is 0 Å². The van der Waals surface area contributed by atoms with Gasteiger partial charge in [-0.2, -0.15) is 0 Å². The van der Waals surface area contributed by atoms with Gasteiger partial charge in [0.05, 0.1) is 0 Å². The fourth-order valence-electron chi connectivity index (χ4n) is 1.85. The SMILES string of the molecule is Cc1cc(CN(C)C)ccc1C(C)C. The van der Waals surface area contributed by atoms with Gasteiger partial charge >= 0.3 is 0 Å². The lowest BCUT2D eigenvalue weighted by Crippen LogP contribution is -2.10. The minimum absolute atomic E-state index is 0.628. The van der Waals surface area contributed by atoms with Gasteiger partial charge in [-0.25, -0.2) is 0 Å². The van der Waals surface area contributed by atoms with Gasteiger partial charge in [-0.3, -0.25) is 0 Å². The maximum absolute atomic E-state index is 2.30. The van der Waals surface area contributed by atoms with E-state index in [9.17, 15) is 0 Å². The van der Waals surface area contributed by atoms with Crippen molar-refractivity contribution in [2.75, 3.05) is 14.1 Å². The third-order valence-electron chi connectivity index (χ3n) is 2.46. The minimum atomic E-state index is 0.628. The van der Waals surface area contributed by atoms with Crippen LogP contribution >= 0.6 is 0 Å². The Balaban J connectivity index is 2.89. The first-order chi connectivity index (χ1) is 6.50. The minimum Gasteiger partial charge on any atom is -0.305 e. The van der Waals surface area contributed by atoms with Crippen molar-refractivity contribution in [3.8, 4) is 0 Å². The standard InChI is InChI=1S/C13H21N/c1-10(2)13-7-6-12(8-11(13)3)9-14(4)5/h6-8,10H,9H2,1-5H3. The highest BCUT2D eigenvalue weighted by Crippen LogP contribution is 2.20. The lowest BCUT2D eigenvalue weighted by Gasteiger charge is -2.14. The molecule has 0 saturated carbocycles. The Morgan fingerprint density at radius 2 is 1.86 bits per heavy atom. The molecule has 0 aliphatic heterocycles. The van der Waals surface area contributed by atoms with Gasteiger partial charge in [-0.1, -0.05) is 32.0 Å². The van der Waals surface area contributed by atoms with Gasteiger partial charge in [0.25, 0.3) is 0 Å². The monoisotopic (exact) mass is 191 g/mol. The van der Waals surface area contributed by atoms with Crippen molar-refractivity contribution in [2.45, 2.75) is 33.2 Å². The van der Waals surface area contributed by atoms with Gasteiger partial charge in [-0.15, -0.1) is 0 Å². The van der Waals surface area contributed by atoms with Gasteiger partial charge < -0.3 is 4.90 Å². The zero-order valence-corrected chi connectivity index (χ0v) is 9.96. The molecule has 0 aliphatic carbocycles. The molecule has 14 heavy (non-hydrogen) atoms. The van der Waals surface area contributed by atoms with Gasteiger partial charge in [0.2, 0.25) is 0 Å². The van der Waals surface area contributed by atoms with Crippen molar-refractivity contribution >= 4 is 0 Å². The largest absolute Gasteiger partial charge is 0.305 e. The highest BCUT2D eigenvalue weighted by atomic mass is 15.0. The number of hydrogen-bond donors (Lipinski definition) is 0. The van der Waals surface area contributed by atoms with Crippen LogP contribution in [0.2, 0.25) is 0 Å². The summed E-state index contributed by atoms with van der Waals surface area (Å²) in [6.45, 7) is 7.72. The van der Waals surface area contributed by atoms with Gasteiger partial charge in [0.1, 0.15) is 0 Å². The summed E-state index contributed by atoms with van der Waals surface area (Å²) in [5, 5.41) is 0. The van der Waals surface area contributed by atoms with Crippen molar-refractivity contribution < 1.29 is 0 Å². The van der Waals surface area contributed by atoms with Gasteiger partial charge in [-0.05, 0) is 43.6 Å². The summed E-state index contributed by atoms with van der Waals surface area (Å²) in [4.78, 5) is 2.20. The average Bonchev–Trinajstić information content (AvgIpc) is 2.01. The molecule has 0 aromatic heterocycles. The Morgan fingerprint density at radius 3 is 2.29 bits per heavy atom. The maximum Gasteiger partial charge on any atom is 0.0227 e. The molecule has 0 bridgehead atoms. The molecule has 78 valence electrons. The molecular weight excluding hydrogens is 170 g/mol. The topological polar surface area (TPSA) is 3.24 Å². The fourth-order valence-corrected chi connectivity index (χ4v) is 1.85. The first-order valence-electron chi connectivity index (χ1n) is 5.25. The number of benzene rings is 1. The van der Waals surface area contributed by atoms with Crippen molar-refractivity contribution in [3.05, 3.63) is 34.9 Å². The predicted octanol–water partition coefficient (Wildman–Crippen LogP) is 3.18. The highest BCUT2D eigenvalue weighted by Gasteiger charge is 2.04. The molecule has 1 nitrogen and oxygen atoms in total. The van der Waals surface area contributed by atoms with E-state index in [1.807, 2.05) is 0 Å². The third-order valence-corrected chi connectivity index (χ3v) is 2.46. The molecule has 0 saturated heterocycles. The second-order valence-electron chi connectivity index (χ2n) is 4.58. The van der Waals surface area contributed by atoms with Crippen LogP contribution in [0.25, 0.3) is 0 Å². The molecular formula is C13H21N. The van der Waals surface area contributed by atoms with Crippen LogP contribution in [0, 0.1) is 6.92 Å². The average molecular weight is 191 g/mol. The molecule has 1 rings (SSSR count). The van der Waals surface area contributed by atoms with E-state index in [0.717, 1.165) is 6.54 Å². The number of hydrogen-bond acceptors (Lipinski definition) is 1. The molecule has 1 aromatic rings. The predicted molar refractivity (Wildman–Crippen MR) is 62.7 cm³/mol. The molecule has 0 unspecified atom stereocenters. The Morgan fingerprint density at radius 1 is 1.21 bits per heavy atom. The summed E-state index contributed by atoms with van der Waals surface area (Å²) in [7, 11) is 4.21. The maximum atomic E-state index is 2.30. The molecule has 1 heteroatoms. The Bertz CT molecular complexity index is 300. The molecule has 0 heterocycles. The summed E-state index contributed by atoms with van der Waals surface area (Å²) < 4.78 is 0. The fraction of sp³-hybridized carbons (Fsp3) is 0.538. The van der Waals surface area contributed by atoms with Crippen LogP contribution in [0.1, 0.15) is 36.5 Å². The van der Waals surface area contributed by atoms with E-state index in [1.165, 1.54) is 16.7 Å². The Hall–Kier alpha value is -0.820. The van der Waals surface area contributed by atoms with Crippen molar-refractivity contribution in [2.24, 2.45) is 0 Å². The molecule has 0 aliphatic rings. The molecule has 1 aromatic carbocycles.